The minimum Gasteiger partial charge on any atom is -0.303 e. The molecule has 13 heavy (non-hydrogen) atoms. The van der Waals surface area contributed by atoms with Crippen LogP contribution in [0.5, 0.6) is 0 Å². The molecule has 0 aliphatic heterocycles. The highest BCUT2D eigenvalue weighted by molar-refractivity contribution is 7.45. The quantitative estimate of drug-likeness (QED) is 0.529. The standard InChI is InChI=1S/C8H14.H3O4P/c1-2-8-5-3-7(1)4-6-8;1-5(2,3)4/h7-8H,1-6H2;(H3,1,2,3,4). The van der Waals surface area contributed by atoms with E-state index in [1.165, 1.54) is 0 Å². The second kappa shape index (κ2) is 4.56. The van der Waals surface area contributed by atoms with Crippen molar-refractivity contribution in [3.8, 4) is 0 Å². The van der Waals surface area contributed by atoms with E-state index in [4.69, 9.17) is 19.2 Å². The van der Waals surface area contributed by atoms with Crippen molar-refractivity contribution in [2.75, 3.05) is 0 Å². The van der Waals surface area contributed by atoms with Crippen LogP contribution in [-0.2, 0) is 4.57 Å². The molecule has 4 nitrogen and oxygen atoms in total. The third-order valence-corrected chi connectivity index (χ3v) is 2.95. The fraction of sp³-hybridized carbons (Fsp3) is 1.00. The van der Waals surface area contributed by atoms with Gasteiger partial charge in [-0.2, -0.15) is 0 Å². The lowest BCUT2D eigenvalue weighted by Crippen LogP contribution is -2.21. The first kappa shape index (κ1) is 11.2. The van der Waals surface area contributed by atoms with Crippen LogP contribution in [0.3, 0.4) is 0 Å². The van der Waals surface area contributed by atoms with Gasteiger partial charge < -0.3 is 14.7 Å². The van der Waals surface area contributed by atoms with E-state index in [9.17, 15) is 0 Å². The first-order valence-electron chi connectivity index (χ1n) is 4.73. The molecule has 3 saturated carbocycles. The summed E-state index contributed by atoms with van der Waals surface area (Å²) in [6.07, 6.45) is 9.36. The molecule has 0 aromatic carbocycles. The fourth-order valence-electron chi connectivity index (χ4n) is 2.28. The zero-order valence-electron chi connectivity index (χ0n) is 7.59. The van der Waals surface area contributed by atoms with E-state index in [1.54, 1.807) is 38.5 Å². The summed E-state index contributed by atoms with van der Waals surface area (Å²) in [4.78, 5) is 21.6. The van der Waals surface area contributed by atoms with Crippen LogP contribution in [0.1, 0.15) is 38.5 Å². The lowest BCUT2D eigenvalue weighted by Gasteiger charge is -2.35. The van der Waals surface area contributed by atoms with Gasteiger partial charge in [-0.05, 0) is 11.8 Å². The summed E-state index contributed by atoms with van der Waals surface area (Å²) in [5.41, 5.74) is 0. The van der Waals surface area contributed by atoms with Gasteiger partial charge in [-0.25, -0.2) is 4.57 Å². The Balaban J connectivity index is 0.000000149. The Morgan fingerprint density at radius 2 is 0.923 bits per heavy atom. The molecule has 3 aliphatic rings. The van der Waals surface area contributed by atoms with Crippen LogP contribution in [0.25, 0.3) is 0 Å². The zero-order chi connectivity index (χ0) is 9.90. The van der Waals surface area contributed by atoms with E-state index >= 15 is 0 Å². The molecule has 3 rings (SSSR count). The van der Waals surface area contributed by atoms with E-state index in [0.717, 1.165) is 11.8 Å². The normalized spacial score (nSPS) is 32.2. The Hall–Kier alpha value is 0.110. The number of hydrogen-bond acceptors (Lipinski definition) is 1. The molecular weight excluding hydrogens is 191 g/mol. The van der Waals surface area contributed by atoms with E-state index in [1.807, 2.05) is 0 Å². The predicted molar refractivity (Wildman–Crippen MR) is 48.9 cm³/mol. The topological polar surface area (TPSA) is 77.8 Å². The molecule has 0 saturated heterocycles. The van der Waals surface area contributed by atoms with Crippen LogP contribution >= 0.6 is 7.82 Å². The smallest absolute Gasteiger partial charge is 0.303 e. The average molecular weight is 208 g/mol. The predicted octanol–water partition coefficient (Wildman–Crippen LogP) is 1.66. The molecule has 0 unspecified atom stereocenters. The number of rotatable bonds is 0. The molecule has 3 aliphatic carbocycles. The molecule has 0 heterocycles. The largest absolute Gasteiger partial charge is 0.466 e. The highest BCUT2D eigenvalue weighted by Crippen LogP contribution is 2.40. The summed E-state index contributed by atoms with van der Waals surface area (Å²) in [5.74, 6) is 2.31. The molecule has 78 valence electrons. The van der Waals surface area contributed by atoms with E-state index in [-0.39, 0.29) is 0 Å². The second-order valence-corrected chi connectivity index (χ2v) is 5.00. The maximum Gasteiger partial charge on any atom is 0.466 e. The van der Waals surface area contributed by atoms with Crippen LogP contribution in [0, 0.1) is 11.8 Å². The molecule has 3 N–H and O–H groups in total. The number of hydrogen-bond donors (Lipinski definition) is 3. The third kappa shape index (κ3) is 5.42. The van der Waals surface area contributed by atoms with Crippen LogP contribution in [0.4, 0.5) is 0 Å². The summed E-state index contributed by atoms with van der Waals surface area (Å²) in [6, 6.07) is 0. The number of phosphoric acid groups is 1. The monoisotopic (exact) mass is 208 g/mol. The van der Waals surface area contributed by atoms with Crippen LogP contribution in [0.2, 0.25) is 0 Å². The van der Waals surface area contributed by atoms with Crippen LogP contribution in [0.15, 0.2) is 0 Å². The Bertz CT molecular complexity index is 161. The fourth-order valence-corrected chi connectivity index (χ4v) is 2.28. The highest BCUT2D eigenvalue weighted by atomic mass is 31.2. The average Bonchev–Trinajstić information content (AvgIpc) is 2.05. The van der Waals surface area contributed by atoms with Crippen molar-refractivity contribution in [3.05, 3.63) is 0 Å². The molecule has 0 radical (unpaired) electrons. The summed E-state index contributed by atoms with van der Waals surface area (Å²) in [6.45, 7) is 0. The van der Waals surface area contributed by atoms with Crippen molar-refractivity contribution in [1.82, 2.24) is 0 Å². The Labute approximate surface area is 78.2 Å². The van der Waals surface area contributed by atoms with Crippen molar-refractivity contribution in [1.29, 1.82) is 0 Å². The first-order chi connectivity index (χ1) is 5.95. The van der Waals surface area contributed by atoms with Gasteiger partial charge in [0.15, 0.2) is 0 Å². The molecule has 0 aromatic rings. The van der Waals surface area contributed by atoms with Crippen molar-refractivity contribution in [2.24, 2.45) is 11.8 Å². The van der Waals surface area contributed by atoms with Gasteiger partial charge in [-0.1, -0.05) is 38.5 Å². The summed E-state index contributed by atoms with van der Waals surface area (Å²) in [5, 5.41) is 0. The zero-order valence-corrected chi connectivity index (χ0v) is 8.49. The van der Waals surface area contributed by atoms with E-state index < -0.39 is 7.82 Å². The Morgan fingerprint density at radius 3 is 1.00 bits per heavy atom. The van der Waals surface area contributed by atoms with Gasteiger partial charge >= 0.3 is 7.82 Å². The third-order valence-electron chi connectivity index (χ3n) is 2.95. The maximum atomic E-state index is 8.88. The van der Waals surface area contributed by atoms with Gasteiger partial charge in [0.1, 0.15) is 0 Å². The van der Waals surface area contributed by atoms with Crippen molar-refractivity contribution < 1.29 is 19.2 Å². The van der Waals surface area contributed by atoms with E-state index in [0.29, 0.717) is 0 Å². The van der Waals surface area contributed by atoms with Crippen LogP contribution in [-0.4, -0.2) is 14.7 Å². The minimum absolute atomic E-state index is 1.15. The summed E-state index contributed by atoms with van der Waals surface area (Å²) in [7, 11) is -4.64. The SMILES string of the molecule is C1CC2CCC1CC2.O=P(O)(O)O. The molecule has 3 fully saturated rings. The van der Waals surface area contributed by atoms with Gasteiger partial charge in [0.2, 0.25) is 0 Å². The Kier molecular flexibility index (Phi) is 3.92. The second-order valence-electron chi connectivity index (χ2n) is 3.98. The van der Waals surface area contributed by atoms with Crippen molar-refractivity contribution in [2.45, 2.75) is 38.5 Å². The van der Waals surface area contributed by atoms with Gasteiger partial charge in [-0.15, -0.1) is 0 Å². The van der Waals surface area contributed by atoms with Crippen LogP contribution < -0.4 is 0 Å². The minimum atomic E-state index is -4.64. The van der Waals surface area contributed by atoms with Crippen molar-refractivity contribution in [3.63, 3.8) is 0 Å². The molecule has 5 heteroatoms. The number of fused-ring (bicyclic) bond motifs is 3. The van der Waals surface area contributed by atoms with Gasteiger partial charge in [0.25, 0.3) is 0 Å². The maximum absolute atomic E-state index is 8.88. The molecule has 0 aromatic heterocycles. The van der Waals surface area contributed by atoms with Gasteiger partial charge in [-0.3, -0.25) is 0 Å². The lowest BCUT2D eigenvalue weighted by molar-refractivity contribution is 0.176. The molecule has 2 bridgehead atoms. The van der Waals surface area contributed by atoms with Gasteiger partial charge in [0, 0.05) is 0 Å². The lowest BCUT2D eigenvalue weighted by atomic mass is 9.71. The Morgan fingerprint density at radius 1 is 0.769 bits per heavy atom. The highest BCUT2D eigenvalue weighted by Gasteiger charge is 2.26. The molecule has 0 amide bonds. The summed E-state index contributed by atoms with van der Waals surface area (Å²) < 4.78 is 8.88. The van der Waals surface area contributed by atoms with E-state index in [2.05, 4.69) is 0 Å². The molecular formula is C8H17O4P. The van der Waals surface area contributed by atoms with Crippen molar-refractivity contribution >= 4 is 7.82 Å². The molecule has 0 spiro atoms. The first-order valence-corrected chi connectivity index (χ1v) is 6.30. The van der Waals surface area contributed by atoms with Gasteiger partial charge in [0.05, 0.1) is 0 Å². The molecule has 0 atom stereocenters. The summed E-state index contributed by atoms with van der Waals surface area (Å²) >= 11 is 0.